The average Bonchev–Trinajstić information content (AvgIpc) is 2.71. The highest BCUT2D eigenvalue weighted by molar-refractivity contribution is 6.28. The zero-order valence-electron chi connectivity index (χ0n) is 10.6. The van der Waals surface area contributed by atoms with Gasteiger partial charge < -0.3 is 10.0 Å². The first kappa shape index (κ1) is 13.0. The molecule has 0 fully saturated rings. The molecule has 2 rings (SSSR count). The Kier molecular flexibility index (Phi) is 3.41. The van der Waals surface area contributed by atoms with Crippen molar-refractivity contribution in [3.8, 4) is 0 Å². The number of fused-ring (bicyclic) bond motifs is 1. The van der Waals surface area contributed by atoms with Gasteiger partial charge in [0.1, 0.15) is 5.82 Å². The first-order chi connectivity index (χ1) is 8.40. The van der Waals surface area contributed by atoms with Gasteiger partial charge in [-0.1, -0.05) is 0 Å². The molecule has 6 nitrogen and oxygen atoms in total. The number of rotatable bonds is 4. The second kappa shape index (κ2) is 4.70. The molecule has 0 spiro atoms. The van der Waals surface area contributed by atoms with Gasteiger partial charge in [0.2, 0.25) is 5.28 Å². The lowest BCUT2D eigenvalue weighted by Gasteiger charge is -2.29. The van der Waals surface area contributed by atoms with Gasteiger partial charge in [-0.25, -0.2) is 0 Å². The summed E-state index contributed by atoms with van der Waals surface area (Å²) >= 11 is 5.89. The summed E-state index contributed by atoms with van der Waals surface area (Å²) < 4.78 is 0. The summed E-state index contributed by atoms with van der Waals surface area (Å²) in [4.78, 5) is 10.2. The van der Waals surface area contributed by atoms with Crippen molar-refractivity contribution in [3.63, 3.8) is 0 Å². The van der Waals surface area contributed by atoms with Crippen molar-refractivity contribution in [2.24, 2.45) is 0 Å². The highest BCUT2D eigenvalue weighted by Gasteiger charge is 2.21. The van der Waals surface area contributed by atoms with E-state index in [4.69, 9.17) is 11.6 Å². The van der Waals surface area contributed by atoms with Crippen molar-refractivity contribution in [2.45, 2.75) is 26.4 Å². The third-order valence-electron chi connectivity index (χ3n) is 2.52. The summed E-state index contributed by atoms with van der Waals surface area (Å²) in [6.07, 6.45) is 1.66. The lowest BCUT2D eigenvalue weighted by atomic mass is 10.1. The third kappa shape index (κ3) is 2.70. The van der Waals surface area contributed by atoms with Crippen LogP contribution in [0.1, 0.15) is 20.8 Å². The number of nitrogens with zero attached hydrogens (tertiary/aromatic N) is 4. The van der Waals surface area contributed by atoms with E-state index in [-0.39, 0.29) is 5.28 Å². The topological polar surface area (TPSA) is 77.9 Å². The molecule has 0 unspecified atom stereocenters. The number of nitrogens with one attached hydrogen (secondary N) is 1. The maximum Gasteiger partial charge on any atom is 0.226 e. The van der Waals surface area contributed by atoms with Crippen molar-refractivity contribution in [1.82, 2.24) is 20.2 Å². The van der Waals surface area contributed by atoms with Gasteiger partial charge in [-0.05, 0) is 32.4 Å². The van der Waals surface area contributed by atoms with Crippen molar-refractivity contribution < 1.29 is 5.11 Å². The van der Waals surface area contributed by atoms with E-state index in [1.165, 1.54) is 0 Å². The van der Waals surface area contributed by atoms with Crippen LogP contribution in [0.25, 0.3) is 11.0 Å². The van der Waals surface area contributed by atoms with E-state index in [0.717, 1.165) is 5.39 Å². The molecule has 98 valence electrons. The Bertz CT molecular complexity index is 548. The van der Waals surface area contributed by atoms with Crippen LogP contribution in [0.2, 0.25) is 5.28 Å². The van der Waals surface area contributed by atoms with E-state index in [1.54, 1.807) is 20.0 Å². The van der Waals surface area contributed by atoms with Crippen LogP contribution < -0.4 is 4.90 Å². The van der Waals surface area contributed by atoms with E-state index < -0.39 is 5.60 Å². The number of H-pyrrole nitrogens is 1. The molecule has 0 saturated heterocycles. The second-order valence-electron chi connectivity index (χ2n) is 4.78. The molecule has 0 aliphatic rings. The summed E-state index contributed by atoms with van der Waals surface area (Å²) in [6, 6.07) is 0. The van der Waals surface area contributed by atoms with Gasteiger partial charge in [-0.15, -0.1) is 0 Å². The lowest BCUT2D eigenvalue weighted by molar-refractivity contribution is 0.0875. The fourth-order valence-electron chi connectivity index (χ4n) is 1.84. The number of halogens is 1. The van der Waals surface area contributed by atoms with E-state index in [0.29, 0.717) is 24.6 Å². The van der Waals surface area contributed by atoms with E-state index in [2.05, 4.69) is 20.2 Å². The van der Waals surface area contributed by atoms with E-state index in [9.17, 15) is 5.11 Å². The predicted molar refractivity (Wildman–Crippen MR) is 70.9 cm³/mol. The number of anilines is 1. The quantitative estimate of drug-likeness (QED) is 0.825. The average molecular weight is 270 g/mol. The monoisotopic (exact) mass is 269 g/mol. The standard InChI is InChI=1S/C11H16ClN5O/c1-4-17(6-11(2,3)18)9-7-5-13-16-8(7)14-10(12)15-9/h5,18H,4,6H2,1-3H3,(H,13,14,15,16). The van der Waals surface area contributed by atoms with Gasteiger partial charge in [-0.2, -0.15) is 15.1 Å². The SMILES string of the molecule is CCN(CC(C)(C)O)c1nc(Cl)nc2[nH]ncc12. The van der Waals surface area contributed by atoms with Crippen LogP contribution in [0.4, 0.5) is 5.82 Å². The zero-order valence-corrected chi connectivity index (χ0v) is 11.4. The molecule has 0 aromatic carbocycles. The number of aromatic nitrogens is 4. The van der Waals surface area contributed by atoms with Crippen molar-refractivity contribution in [1.29, 1.82) is 0 Å². The second-order valence-corrected chi connectivity index (χ2v) is 5.11. The van der Waals surface area contributed by atoms with Crippen LogP contribution in [0.3, 0.4) is 0 Å². The minimum absolute atomic E-state index is 0.163. The molecule has 0 aliphatic carbocycles. The third-order valence-corrected chi connectivity index (χ3v) is 2.69. The molecule has 2 aromatic heterocycles. The van der Waals surface area contributed by atoms with Crippen molar-refractivity contribution in [2.75, 3.05) is 18.0 Å². The molecule has 0 saturated carbocycles. The molecule has 18 heavy (non-hydrogen) atoms. The molecule has 2 N–H and O–H groups in total. The summed E-state index contributed by atoms with van der Waals surface area (Å²) in [7, 11) is 0. The summed E-state index contributed by atoms with van der Waals surface area (Å²) in [5.74, 6) is 0.684. The van der Waals surface area contributed by atoms with Gasteiger partial charge in [0.05, 0.1) is 17.2 Å². The van der Waals surface area contributed by atoms with Gasteiger partial charge in [0.25, 0.3) is 0 Å². The fraction of sp³-hybridized carbons (Fsp3) is 0.545. The Morgan fingerprint density at radius 3 is 2.78 bits per heavy atom. The molecule has 0 aliphatic heterocycles. The minimum atomic E-state index is -0.816. The molecular weight excluding hydrogens is 254 g/mol. The number of likely N-dealkylation sites (N-methyl/N-ethyl adjacent to an activating group) is 1. The van der Waals surface area contributed by atoms with Gasteiger partial charge in [-0.3, -0.25) is 5.10 Å². The van der Waals surface area contributed by atoms with Gasteiger partial charge in [0, 0.05) is 13.1 Å². The smallest absolute Gasteiger partial charge is 0.226 e. The highest BCUT2D eigenvalue weighted by atomic mass is 35.5. The van der Waals surface area contributed by atoms with Crippen LogP contribution in [0, 0.1) is 0 Å². The van der Waals surface area contributed by atoms with Crippen molar-refractivity contribution in [3.05, 3.63) is 11.5 Å². The summed E-state index contributed by atoms with van der Waals surface area (Å²) in [5.41, 5.74) is -0.219. The largest absolute Gasteiger partial charge is 0.389 e. The van der Waals surface area contributed by atoms with Crippen LogP contribution >= 0.6 is 11.6 Å². The Labute approximate surface area is 110 Å². The molecule has 0 bridgehead atoms. The maximum absolute atomic E-state index is 9.93. The molecule has 2 heterocycles. The Morgan fingerprint density at radius 2 is 2.17 bits per heavy atom. The Morgan fingerprint density at radius 1 is 1.44 bits per heavy atom. The van der Waals surface area contributed by atoms with Crippen LogP contribution in [0.15, 0.2) is 6.20 Å². The predicted octanol–water partition coefficient (Wildman–Crippen LogP) is 1.60. The van der Waals surface area contributed by atoms with Gasteiger partial charge in [0.15, 0.2) is 5.65 Å². The first-order valence-corrected chi connectivity index (χ1v) is 6.12. The molecular formula is C11H16ClN5O. The number of aliphatic hydroxyl groups is 1. The molecule has 0 amide bonds. The van der Waals surface area contributed by atoms with E-state index in [1.807, 2.05) is 11.8 Å². The molecule has 7 heteroatoms. The summed E-state index contributed by atoms with van der Waals surface area (Å²) in [6.45, 7) is 6.67. The number of hydrogen-bond acceptors (Lipinski definition) is 5. The number of aromatic amines is 1. The normalized spacial score (nSPS) is 12.1. The van der Waals surface area contributed by atoms with Crippen LogP contribution in [-0.4, -0.2) is 44.0 Å². The van der Waals surface area contributed by atoms with Crippen molar-refractivity contribution >= 4 is 28.5 Å². The fourth-order valence-corrected chi connectivity index (χ4v) is 2.00. The van der Waals surface area contributed by atoms with E-state index >= 15 is 0 Å². The highest BCUT2D eigenvalue weighted by Crippen LogP contribution is 2.24. The first-order valence-electron chi connectivity index (χ1n) is 5.74. The van der Waals surface area contributed by atoms with Gasteiger partial charge >= 0.3 is 0 Å². The van der Waals surface area contributed by atoms with Crippen LogP contribution in [0.5, 0.6) is 0 Å². The Hall–Kier alpha value is -1.40. The minimum Gasteiger partial charge on any atom is -0.389 e. The molecule has 0 radical (unpaired) electrons. The summed E-state index contributed by atoms with van der Waals surface area (Å²) in [5, 5.41) is 17.6. The lowest BCUT2D eigenvalue weighted by Crippen LogP contribution is -2.39. The maximum atomic E-state index is 9.93. The Balaban J connectivity index is 2.47. The number of hydrogen-bond donors (Lipinski definition) is 2. The van der Waals surface area contributed by atoms with Crippen LogP contribution in [-0.2, 0) is 0 Å². The molecule has 2 aromatic rings. The molecule has 0 atom stereocenters. The zero-order chi connectivity index (χ0) is 13.3.